The third kappa shape index (κ3) is 2.77. The van der Waals surface area contributed by atoms with Gasteiger partial charge in [0, 0.05) is 13.1 Å². The van der Waals surface area contributed by atoms with Crippen molar-refractivity contribution in [3.8, 4) is 11.8 Å². The van der Waals surface area contributed by atoms with Crippen LogP contribution >= 0.6 is 0 Å². The van der Waals surface area contributed by atoms with Gasteiger partial charge in [0.05, 0.1) is 0 Å². The van der Waals surface area contributed by atoms with Crippen molar-refractivity contribution in [2.24, 2.45) is 5.41 Å². The Morgan fingerprint density at radius 1 is 1.46 bits per heavy atom. The van der Waals surface area contributed by atoms with Gasteiger partial charge in [0.1, 0.15) is 0 Å². The van der Waals surface area contributed by atoms with Gasteiger partial charge in [-0.3, -0.25) is 4.79 Å². The summed E-state index contributed by atoms with van der Waals surface area (Å²) in [5.74, 6) is 5.22. The SMILES string of the molecule is CC#CC(=O)N1CCCC(C)(C)C1. The molecule has 0 unspecified atom stereocenters. The molecule has 0 aliphatic carbocycles. The molecule has 2 heteroatoms. The van der Waals surface area contributed by atoms with Crippen molar-refractivity contribution in [1.82, 2.24) is 4.90 Å². The first-order valence-corrected chi connectivity index (χ1v) is 4.77. The second kappa shape index (κ2) is 3.83. The topological polar surface area (TPSA) is 20.3 Å². The van der Waals surface area contributed by atoms with Crippen molar-refractivity contribution in [2.75, 3.05) is 13.1 Å². The largest absolute Gasteiger partial charge is 0.331 e. The fourth-order valence-corrected chi connectivity index (χ4v) is 1.78. The summed E-state index contributed by atoms with van der Waals surface area (Å²) in [7, 11) is 0. The van der Waals surface area contributed by atoms with Crippen LogP contribution in [0.15, 0.2) is 0 Å². The molecule has 2 nitrogen and oxygen atoms in total. The summed E-state index contributed by atoms with van der Waals surface area (Å²) in [4.78, 5) is 13.3. The molecule has 0 saturated carbocycles. The molecule has 72 valence electrons. The zero-order valence-corrected chi connectivity index (χ0v) is 8.68. The zero-order chi connectivity index (χ0) is 9.90. The molecule has 0 N–H and O–H groups in total. The number of hydrogen-bond donors (Lipinski definition) is 0. The second-order valence-corrected chi connectivity index (χ2v) is 4.37. The summed E-state index contributed by atoms with van der Waals surface area (Å²) in [6.45, 7) is 7.82. The highest BCUT2D eigenvalue weighted by molar-refractivity contribution is 5.93. The van der Waals surface area contributed by atoms with Crippen LogP contribution in [0, 0.1) is 17.3 Å². The number of piperidine rings is 1. The third-order valence-corrected chi connectivity index (χ3v) is 2.42. The Labute approximate surface area is 80.3 Å². The molecular formula is C11H17NO. The van der Waals surface area contributed by atoms with E-state index in [4.69, 9.17) is 0 Å². The Hall–Kier alpha value is -0.970. The highest BCUT2D eigenvalue weighted by Crippen LogP contribution is 2.28. The van der Waals surface area contributed by atoms with Crippen LogP contribution < -0.4 is 0 Å². The Morgan fingerprint density at radius 3 is 2.69 bits per heavy atom. The van der Waals surface area contributed by atoms with Crippen LogP contribution in [0.2, 0.25) is 0 Å². The van der Waals surface area contributed by atoms with Gasteiger partial charge in [0.15, 0.2) is 0 Å². The van der Waals surface area contributed by atoms with Crippen LogP contribution in [-0.4, -0.2) is 23.9 Å². The molecule has 0 aromatic rings. The van der Waals surface area contributed by atoms with Crippen LogP contribution in [-0.2, 0) is 4.79 Å². The first kappa shape index (κ1) is 10.1. The lowest BCUT2D eigenvalue weighted by Crippen LogP contribution is -2.43. The summed E-state index contributed by atoms with van der Waals surface area (Å²) in [5.41, 5.74) is 0.267. The molecular weight excluding hydrogens is 162 g/mol. The van der Waals surface area contributed by atoms with Crippen LogP contribution in [0.5, 0.6) is 0 Å². The molecule has 1 saturated heterocycles. The maximum Gasteiger partial charge on any atom is 0.298 e. The van der Waals surface area contributed by atoms with Crippen molar-refractivity contribution in [3.05, 3.63) is 0 Å². The van der Waals surface area contributed by atoms with E-state index in [-0.39, 0.29) is 11.3 Å². The van der Waals surface area contributed by atoms with Gasteiger partial charge in [-0.05, 0) is 31.1 Å². The Balaban J connectivity index is 2.60. The number of likely N-dealkylation sites (tertiary alicyclic amines) is 1. The zero-order valence-electron chi connectivity index (χ0n) is 8.68. The molecule has 0 aromatic carbocycles. The van der Waals surface area contributed by atoms with E-state index in [9.17, 15) is 4.79 Å². The van der Waals surface area contributed by atoms with E-state index in [0.717, 1.165) is 19.5 Å². The third-order valence-electron chi connectivity index (χ3n) is 2.42. The Bertz CT molecular complexity index is 257. The molecule has 1 amide bonds. The average Bonchev–Trinajstić information content (AvgIpc) is 2.03. The summed E-state index contributed by atoms with van der Waals surface area (Å²) in [6.07, 6.45) is 2.31. The number of carbonyl (C=O) groups excluding carboxylic acids is 1. The van der Waals surface area contributed by atoms with E-state index in [1.807, 2.05) is 4.90 Å². The quantitative estimate of drug-likeness (QED) is 0.518. The van der Waals surface area contributed by atoms with Crippen molar-refractivity contribution >= 4 is 5.91 Å². The van der Waals surface area contributed by atoms with Crippen molar-refractivity contribution in [1.29, 1.82) is 0 Å². The fourth-order valence-electron chi connectivity index (χ4n) is 1.78. The predicted molar refractivity (Wildman–Crippen MR) is 53.0 cm³/mol. The number of nitrogens with zero attached hydrogens (tertiary/aromatic N) is 1. The van der Waals surface area contributed by atoms with Crippen molar-refractivity contribution in [2.45, 2.75) is 33.6 Å². The fraction of sp³-hybridized carbons (Fsp3) is 0.727. The first-order chi connectivity index (χ1) is 6.05. The van der Waals surface area contributed by atoms with E-state index in [2.05, 4.69) is 25.7 Å². The number of carbonyl (C=O) groups is 1. The molecule has 0 spiro atoms. The summed E-state index contributed by atoms with van der Waals surface area (Å²) >= 11 is 0. The molecule has 0 bridgehead atoms. The minimum atomic E-state index is -0.0183. The van der Waals surface area contributed by atoms with Crippen LogP contribution in [0.3, 0.4) is 0 Å². The van der Waals surface area contributed by atoms with E-state index in [1.54, 1.807) is 6.92 Å². The van der Waals surface area contributed by atoms with Gasteiger partial charge in [0.25, 0.3) is 5.91 Å². The van der Waals surface area contributed by atoms with Gasteiger partial charge in [-0.25, -0.2) is 0 Å². The molecule has 0 atom stereocenters. The van der Waals surface area contributed by atoms with E-state index in [0.29, 0.717) is 0 Å². The lowest BCUT2D eigenvalue weighted by Gasteiger charge is -2.37. The molecule has 1 aliphatic heterocycles. The maximum atomic E-state index is 11.4. The maximum absolute atomic E-state index is 11.4. The van der Waals surface area contributed by atoms with Gasteiger partial charge < -0.3 is 4.90 Å². The lowest BCUT2D eigenvalue weighted by molar-refractivity contribution is -0.128. The van der Waals surface area contributed by atoms with Crippen LogP contribution in [0.1, 0.15) is 33.6 Å². The number of rotatable bonds is 0. The highest BCUT2D eigenvalue weighted by Gasteiger charge is 2.28. The van der Waals surface area contributed by atoms with Gasteiger partial charge in [-0.15, -0.1) is 0 Å². The van der Waals surface area contributed by atoms with Crippen LogP contribution in [0.25, 0.3) is 0 Å². The summed E-state index contributed by atoms with van der Waals surface area (Å²) < 4.78 is 0. The molecule has 1 fully saturated rings. The van der Waals surface area contributed by atoms with Crippen LogP contribution in [0.4, 0.5) is 0 Å². The van der Waals surface area contributed by atoms with Crippen molar-refractivity contribution in [3.63, 3.8) is 0 Å². The van der Waals surface area contributed by atoms with Crippen molar-refractivity contribution < 1.29 is 4.79 Å². The first-order valence-electron chi connectivity index (χ1n) is 4.77. The monoisotopic (exact) mass is 179 g/mol. The van der Waals surface area contributed by atoms with E-state index >= 15 is 0 Å². The molecule has 1 rings (SSSR count). The van der Waals surface area contributed by atoms with E-state index in [1.165, 1.54) is 6.42 Å². The Kier molecular flexibility index (Phi) is 2.98. The van der Waals surface area contributed by atoms with Gasteiger partial charge >= 0.3 is 0 Å². The Morgan fingerprint density at radius 2 is 2.15 bits per heavy atom. The minimum absolute atomic E-state index is 0.0183. The molecule has 0 aromatic heterocycles. The second-order valence-electron chi connectivity index (χ2n) is 4.37. The molecule has 1 aliphatic rings. The summed E-state index contributed by atoms with van der Waals surface area (Å²) in [6, 6.07) is 0. The average molecular weight is 179 g/mol. The smallest absolute Gasteiger partial charge is 0.298 e. The predicted octanol–water partition coefficient (Wildman–Crippen LogP) is 1.66. The number of hydrogen-bond acceptors (Lipinski definition) is 1. The highest BCUT2D eigenvalue weighted by atomic mass is 16.2. The lowest BCUT2D eigenvalue weighted by atomic mass is 9.84. The van der Waals surface area contributed by atoms with Gasteiger partial charge in [0.2, 0.25) is 0 Å². The summed E-state index contributed by atoms with van der Waals surface area (Å²) in [5, 5.41) is 0. The van der Waals surface area contributed by atoms with Gasteiger partial charge in [-0.1, -0.05) is 19.8 Å². The van der Waals surface area contributed by atoms with Gasteiger partial charge in [-0.2, -0.15) is 0 Å². The molecule has 13 heavy (non-hydrogen) atoms. The standard InChI is InChI=1S/C11H17NO/c1-4-6-10(13)12-8-5-7-11(2,3)9-12/h5,7-9H2,1-3H3. The normalized spacial score (nSPS) is 20.4. The molecule has 0 radical (unpaired) electrons. The van der Waals surface area contributed by atoms with E-state index < -0.39 is 0 Å². The minimum Gasteiger partial charge on any atom is -0.331 e. The number of amides is 1. The molecule has 1 heterocycles.